The highest BCUT2D eigenvalue weighted by molar-refractivity contribution is 6.31. The topological polar surface area (TPSA) is 123 Å². The number of nitro benzene ring substituents is 1. The third kappa shape index (κ3) is 6.24. The molecule has 9 nitrogen and oxygen atoms in total. The molecule has 0 heterocycles. The fourth-order valence-corrected chi connectivity index (χ4v) is 2.19. The zero-order valence-electron chi connectivity index (χ0n) is 14.8. The van der Waals surface area contributed by atoms with E-state index in [1.54, 1.807) is 6.07 Å². The highest BCUT2D eigenvalue weighted by atomic mass is 16.6. The van der Waals surface area contributed by atoms with Gasteiger partial charge in [-0.1, -0.05) is 28.9 Å². The quantitative estimate of drug-likeness (QED) is 0.441. The summed E-state index contributed by atoms with van der Waals surface area (Å²) in [6.07, 6.45) is 0.917. The molecule has 2 aromatic rings. The Morgan fingerprint density at radius 3 is 2.67 bits per heavy atom. The van der Waals surface area contributed by atoms with Gasteiger partial charge in [0.05, 0.1) is 4.92 Å². The third-order valence-corrected chi connectivity index (χ3v) is 3.42. The predicted octanol–water partition coefficient (Wildman–Crippen LogP) is 2.79. The van der Waals surface area contributed by atoms with Crippen molar-refractivity contribution < 1.29 is 19.3 Å². The summed E-state index contributed by atoms with van der Waals surface area (Å²) in [4.78, 5) is 38.4. The molecule has 0 bridgehead atoms. The van der Waals surface area contributed by atoms with Crippen LogP contribution in [-0.2, 0) is 14.4 Å². The molecule has 0 atom stereocenters. The van der Waals surface area contributed by atoms with Crippen LogP contribution in [0.2, 0.25) is 0 Å². The van der Waals surface area contributed by atoms with E-state index < -0.39 is 23.3 Å². The number of non-ortho nitro benzene ring substituents is 1. The zero-order valence-corrected chi connectivity index (χ0v) is 14.8. The van der Waals surface area contributed by atoms with E-state index in [1.807, 2.05) is 26.0 Å². The number of carbonyl (C=O) groups excluding carboxylic acids is 2. The number of rotatable bonds is 7. The molecule has 2 aromatic carbocycles. The molecule has 0 fully saturated rings. The first-order chi connectivity index (χ1) is 12.8. The van der Waals surface area contributed by atoms with E-state index in [0.29, 0.717) is 5.69 Å². The van der Waals surface area contributed by atoms with Crippen molar-refractivity contribution in [3.05, 3.63) is 63.7 Å². The van der Waals surface area contributed by atoms with E-state index in [-0.39, 0.29) is 11.4 Å². The molecule has 140 valence electrons. The van der Waals surface area contributed by atoms with Gasteiger partial charge in [-0.3, -0.25) is 19.7 Å². The number of nitrogens with one attached hydrogen (secondary N) is 2. The number of hydrogen-bond donors (Lipinski definition) is 2. The molecule has 0 aliphatic heterocycles. The Hall–Kier alpha value is -3.75. The molecule has 0 radical (unpaired) electrons. The van der Waals surface area contributed by atoms with Gasteiger partial charge in [0.25, 0.3) is 17.5 Å². The van der Waals surface area contributed by atoms with Crippen LogP contribution >= 0.6 is 0 Å². The second-order valence-electron chi connectivity index (χ2n) is 5.67. The normalized spacial score (nSPS) is 10.4. The summed E-state index contributed by atoms with van der Waals surface area (Å²) >= 11 is 0. The maximum Gasteiger partial charge on any atom is 0.271 e. The highest BCUT2D eigenvalue weighted by Gasteiger charge is 2.08. The van der Waals surface area contributed by atoms with E-state index >= 15 is 0 Å². The van der Waals surface area contributed by atoms with Crippen molar-refractivity contribution in [2.45, 2.75) is 13.8 Å². The van der Waals surface area contributed by atoms with Crippen molar-refractivity contribution in [1.82, 2.24) is 0 Å². The maximum absolute atomic E-state index is 11.8. The van der Waals surface area contributed by atoms with Gasteiger partial charge >= 0.3 is 0 Å². The summed E-state index contributed by atoms with van der Waals surface area (Å²) in [5, 5.41) is 19.2. The van der Waals surface area contributed by atoms with Gasteiger partial charge in [-0.15, -0.1) is 0 Å². The maximum atomic E-state index is 11.8. The van der Waals surface area contributed by atoms with Crippen molar-refractivity contribution in [2.24, 2.45) is 5.16 Å². The molecule has 2 rings (SSSR count). The molecular weight excluding hydrogens is 352 g/mol. The SMILES string of the molecule is Cc1ccc(NC(=O)/C=N\OCC(=O)Nc2cccc([N+](=O)[O-])c2)c(C)c1. The van der Waals surface area contributed by atoms with Gasteiger partial charge in [0.2, 0.25) is 0 Å². The van der Waals surface area contributed by atoms with Crippen LogP contribution in [0, 0.1) is 24.0 Å². The fourth-order valence-electron chi connectivity index (χ4n) is 2.19. The number of benzene rings is 2. The van der Waals surface area contributed by atoms with Crippen LogP contribution in [0.25, 0.3) is 0 Å². The molecule has 0 aliphatic rings. The lowest BCUT2D eigenvalue weighted by molar-refractivity contribution is -0.384. The second-order valence-corrected chi connectivity index (χ2v) is 5.67. The largest absolute Gasteiger partial charge is 0.385 e. The third-order valence-electron chi connectivity index (χ3n) is 3.42. The van der Waals surface area contributed by atoms with Crippen molar-refractivity contribution in [1.29, 1.82) is 0 Å². The van der Waals surface area contributed by atoms with Crippen molar-refractivity contribution in [2.75, 3.05) is 17.2 Å². The van der Waals surface area contributed by atoms with Gasteiger partial charge in [-0.2, -0.15) is 0 Å². The van der Waals surface area contributed by atoms with Crippen LogP contribution in [0.3, 0.4) is 0 Å². The number of amides is 2. The Morgan fingerprint density at radius 2 is 1.96 bits per heavy atom. The first kappa shape index (κ1) is 19.6. The molecule has 2 N–H and O–H groups in total. The van der Waals surface area contributed by atoms with E-state index in [2.05, 4.69) is 15.8 Å². The summed E-state index contributed by atoms with van der Waals surface area (Å²) in [5.74, 6) is -1.07. The summed E-state index contributed by atoms with van der Waals surface area (Å²) < 4.78 is 0. The molecule has 0 saturated carbocycles. The van der Waals surface area contributed by atoms with Gasteiger partial charge in [0.1, 0.15) is 6.21 Å². The Balaban J connectivity index is 1.79. The average molecular weight is 370 g/mol. The average Bonchev–Trinajstić information content (AvgIpc) is 2.61. The second kappa shape index (κ2) is 9.09. The van der Waals surface area contributed by atoms with Gasteiger partial charge in [0, 0.05) is 23.5 Å². The van der Waals surface area contributed by atoms with Crippen molar-refractivity contribution in [3.63, 3.8) is 0 Å². The molecule has 0 spiro atoms. The minimum absolute atomic E-state index is 0.144. The lowest BCUT2D eigenvalue weighted by Gasteiger charge is -2.06. The number of aryl methyl sites for hydroxylation is 2. The number of carbonyl (C=O) groups is 2. The Bertz CT molecular complexity index is 895. The molecular formula is C18H18N4O5. The van der Waals surface area contributed by atoms with E-state index in [4.69, 9.17) is 4.84 Å². The smallest absolute Gasteiger partial charge is 0.271 e. The summed E-state index contributed by atoms with van der Waals surface area (Å²) in [6, 6.07) is 11.1. The molecule has 0 aromatic heterocycles. The Kier molecular flexibility index (Phi) is 6.59. The molecule has 9 heteroatoms. The van der Waals surface area contributed by atoms with Crippen LogP contribution in [-0.4, -0.2) is 29.6 Å². The van der Waals surface area contributed by atoms with Gasteiger partial charge in [0.15, 0.2) is 6.61 Å². The monoisotopic (exact) mass is 370 g/mol. The van der Waals surface area contributed by atoms with E-state index in [1.165, 1.54) is 24.3 Å². The zero-order chi connectivity index (χ0) is 19.8. The molecule has 27 heavy (non-hydrogen) atoms. The van der Waals surface area contributed by atoms with E-state index in [0.717, 1.165) is 17.3 Å². The molecule has 0 saturated heterocycles. The molecule has 0 unspecified atom stereocenters. The summed E-state index contributed by atoms with van der Waals surface area (Å²) in [7, 11) is 0. The predicted molar refractivity (Wildman–Crippen MR) is 101 cm³/mol. The van der Waals surface area contributed by atoms with Crippen molar-refractivity contribution >= 4 is 35.1 Å². The van der Waals surface area contributed by atoms with Crippen LogP contribution in [0.1, 0.15) is 11.1 Å². The van der Waals surface area contributed by atoms with Gasteiger partial charge < -0.3 is 15.5 Å². The van der Waals surface area contributed by atoms with Gasteiger partial charge in [-0.05, 0) is 31.5 Å². The van der Waals surface area contributed by atoms with Crippen molar-refractivity contribution in [3.8, 4) is 0 Å². The standard InChI is InChI=1S/C18H18N4O5/c1-12-6-7-16(13(2)8-12)21-17(23)10-19-27-11-18(24)20-14-4-3-5-15(9-14)22(25)26/h3-10H,11H2,1-2H3,(H,20,24)(H,21,23)/b19-10-. The Labute approximate surface area is 155 Å². The van der Waals surface area contributed by atoms with Crippen LogP contribution in [0.4, 0.5) is 17.1 Å². The number of oxime groups is 1. The molecule has 0 aliphatic carbocycles. The lowest BCUT2D eigenvalue weighted by Crippen LogP contribution is -2.18. The number of anilines is 2. The first-order valence-electron chi connectivity index (χ1n) is 7.93. The minimum Gasteiger partial charge on any atom is -0.385 e. The van der Waals surface area contributed by atoms with Crippen LogP contribution in [0.5, 0.6) is 0 Å². The first-order valence-corrected chi connectivity index (χ1v) is 7.93. The minimum atomic E-state index is -0.567. The number of nitro groups is 1. The van der Waals surface area contributed by atoms with E-state index in [9.17, 15) is 19.7 Å². The molecule has 2 amide bonds. The fraction of sp³-hybridized carbons (Fsp3) is 0.167. The summed E-state index contributed by atoms with van der Waals surface area (Å²) in [5.41, 5.74) is 2.76. The van der Waals surface area contributed by atoms with Gasteiger partial charge in [-0.25, -0.2) is 0 Å². The number of nitrogens with zero attached hydrogens (tertiary/aromatic N) is 2. The highest BCUT2D eigenvalue weighted by Crippen LogP contribution is 2.17. The Morgan fingerprint density at radius 1 is 1.19 bits per heavy atom. The number of hydrogen-bond acceptors (Lipinski definition) is 6. The van der Waals surface area contributed by atoms with Crippen LogP contribution < -0.4 is 10.6 Å². The summed E-state index contributed by atoms with van der Waals surface area (Å²) in [6.45, 7) is 3.37. The lowest BCUT2D eigenvalue weighted by atomic mass is 10.1. The van der Waals surface area contributed by atoms with Crippen LogP contribution in [0.15, 0.2) is 47.6 Å².